The normalized spacial score (nSPS) is 24.4. The van der Waals surface area contributed by atoms with Crippen molar-refractivity contribution >= 4 is 12.4 Å². The van der Waals surface area contributed by atoms with Gasteiger partial charge in [0.15, 0.2) is 0 Å². The van der Waals surface area contributed by atoms with Gasteiger partial charge < -0.3 is 15.6 Å². The van der Waals surface area contributed by atoms with Crippen LogP contribution in [-0.4, -0.2) is 23.9 Å². The third-order valence-electron chi connectivity index (χ3n) is 2.35. The predicted molar refractivity (Wildman–Crippen MR) is 56.9 cm³/mol. The average molecular weight is 216 g/mol. The molecule has 3 N–H and O–H groups in total. The van der Waals surface area contributed by atoms with Gasteiger partial charge in [0.25, 0.3) is 0 Å². The minimum Gasteiger partial charge on any atom is -0.491 e. The number of aliphatic hydroxyl groups is 1. The summed E-state index contributed by atoms with van der Waals surface area (Å²) < 4.78 is 5.44. The lowest BCUT2D eigenvalue weighted by Crippen LogP contribution is -2.53. The number of nitrogens with two attached hydrogens (primary N) is 1. The third-order valence-corrected chi connectivity index (χ3v) is 2.35. The van der Waals surface area contributed by atoms with E-state index in [4.69, 9.17) is 15.6 Å². The molecule has 0 amide bonds. The lowest BCUT2D eigenvalue weighted by molar-refractivity contribution is 0.118. The van der Waals surface area contributed by atoms with Gasteiger partial charge in [0.05, 0.1) is 12.1 Å². The molecule has 0 spiro atoms. The van der Waals surface area contributed by atoms with Crippen molar-refractivity contribution in [3.8, 4) is 5.75 Å². The van der Waals surface area contributed by atoms with Crippen molar-refractivity contribution in [1.82, 2.24) is 0 Å². The lowest BCUT2D eigenvalue weighted by Gasteiger charge is -2.32. The highest BCUT2D eigenvalue weighted by atomic mass is 35.5. The summed E-state index contributed by atoms with van der Waals surface area (Å²) in [6.07, 6.45) is 0.680. The van der Waals surface area contributed by atoms with E-state index in [2.05, 4.69) is 0 Å². The Balaban J connectivity index is 0.000000980. The van der Waals surface area contributed by atoms with Crippen LogP contribution in [0, 0.1) is 0 Å². The van der Waals surface area contributed by atoms with Crippen LogP contribution >= 0.6 is 12.4 Å². The minimum atomic E-state index is -0.603. The zero-order chi connectivity index (χ0) is 9.31. The monoisotopic (exact) mass is 215 g/mol. The van der Waals surface area contributed by atoms with Crippen molar-refractivity contribution in [2.75, 3.05) is 13.2 Å². The molecule has 0 radical (unpaired) electrons. The molecule has 1 aromatic carbocycles. The van der Waals surface area contributed by atoms with Crippen LogP contribution in [0.5, 0.6) is 5.75 Å². The van der Waals surface area contributed by atoms with Gasteiger partial charge in [-0.25, -0.2) is 0 Å². The molecule has 0 fully saturated rings. The number of fused-ring (bicyclic) bond motifs is 1. The van der Waals surface area contributed by atoms with E-state index < -0.39 is 5.54 Å². The molecular formula is C10H14ClNO2. The molecule has 1 atom stereocenters. The third kappa shape index (κ3) is 2.00. The fraction of sp³-hybridized carbons (Fsp3) is 0.400. The number of para-hydroxylation sites is 1. The molecule has 78 valence electrons. The minimum absolute atomic E-state index is 0. The highest BCUT2D eigenvalue weighted by molar-refractivity contribution is 5.85. The molecule has 0 aromatic heterocycles. The fourth-order valence-corrected chi connectivity index (χ4v) is 1.54. The summed E-state index contributed by atoms with van der Waals surface area (Å²) in [5, 5.41) is 9.07. The van der Waals surface area contributed by atoms with E-state index in [1.165, 1.54) is 0 Å². The maximum atomic E-state index is 9.07. The van der Waals surface area contributed by atoms with E-state index in [1.54, 1.807) is 0 Å². The molecular weight excluding hydrogens is 202 g/mol. The Morgan fingerprint density at radius 1 is 1.43 bits per heavy atom. The molecule has 0 saturated heterocycles. The van der Waals surface area contributed by atoms with Crippen molar-refractivity contribution < 1.29 is 9.84 Å². The Morgan fingerprint density at radius 2 is 2.14 bits per heavy atom. The van der Waals surface area contributed by atoms with Gasteiger partial charge in [-0.15, -0.1) is 12.4 Å². The molecule has 1 aliphatic heterocycles. The Hall–Kier alpha value is -0.770. The van der Waals surface area contributed by atoms with Gasteiger partial charge in [0, 0.05) is 0 Å². The van der Waals surface area contributed by atoms with Gasteiger partial charge in [-0.05, 0) is 18.1 Å². The van der Waals surface area contributed by atoms with Gasteiger partial charge in [0.1, 0.15) is 12.4 Å². The molecule has 3 nitrogen and oxygen atoms in total. The summed E-state index contributed by atoms with van der Waals surface area (Å²) in [7, 11) is 0. The Morgan fingerprint density at radius 3 is 2.86 bits per heavy atom. The molecule has 2 rings (SSSR count). The second kappa shape index (κ2) is 4.17. The summed E-state index contributed by atoms with van der Waals surface area (Å²) in [6.45, 7) is 0.349. The Kier molecular flexibility index (Phi) is 3.37. The zero-order valence-electron chi connectivity index (χ0n) is 7.77. The number of halogens is 1. The largest absolute Gasteiger partial charge is 0.491 e. The standard InChI is InChI=1S/C10H13NO2.ClH/c11-10(6-12)5-8-3-1-2-4-9(8)13-7-10;/h1-4,12H,5-7,11H2;1H. The first-order valence-corrected chi connectivity index (χ1v) is 4.34. The van der Waals surface area contributed by atoms with Crippen molar-refractivity contribution in [3.63, 3.8) is 0 Å². The van der Waals surface area contributed by atoms with Gasteiger partial charge in [-0.2, -0.15) is 0 Å². The second-order valence-electron chi connectivity index (χ2n) is 3.59. The van der Waals surface area contributed by atoms with Crippen LogP contribution in [0.1, 0.15) is 5.56 Å². The number of hydrogen-bond donors (Lipinski definition) is 2. The summed E-state index contributed by atoms with van der Waals surface area (Å²) >= 11 is 0. The van der Waals surface area contributed by atoms with E-state index in [-0.39, 0.29) is 19.0 Å². The first kappa shape index (κ1) is 11.3. The number of rotatable bonds is 1. The average Bonchev–Trinajstić information content (AvgIpc) is 2.18. The van der Waals surface area contributed by atoms with Crippen LogP contribution in [0.3, 0.4) is 0 Å². The van der Waals surface area contributed by atoms with E-state index in [1.807, 2.05) is 24.3 Å². The Bertz CT molecular complexity index is 319. The van der Waals surface area contributed by atoms with Crippen LogP contribution in [-0.2, 0) is 6.42 Å². The lowest BCUT2D eigenvalue weighted by atomic mass is 9.91. The van der Waals surface area contributed by atoms with E-state index >= 15 is 0 Å². The van der Waals surface area contributed by atoms with E-state index in [0.717, 1.165) is 11.3 Å². The maximum Gasteiger partial charge on any atom is 0.122 e. The number of aliphatic hydroxyl groups excluding tert-OH is 1. The fourth-order valence-electron chi connectivity index (χ4n) is 1.54. The topological polar surface area (TPSA) is 55.5 Å². The number of ether oxygens (including phenoxy) is 1. The second-order valence-corrected chi connectivity index (χ2v) is 3.59. The van der Waals surface area contributed by atoms with Gasteiger partial charge in [-0.1, -0.05) is 18.2 Å². The summed E-state index contributed by atoms with van der Waals surface area (Å²) in [5.74, 6) is 0.886. The molecule has 4 heteroatoms. The van der Waals surface area contributed by atoms with Crippen molar-refractivity contribution in [3.05, 3.63) is 29.8 Å². The van der Waals surface area contributed by atoms with Crippen LogP contribution in [0.25, 0.3) is 0 Å². The van der Waals surface area contributed by atoms with E-state index in [0.29, 0.717) is 13.0 Å². The highest BCUT2D eigenvalue weighted by Crippen LogP contribution is 2.27. The van der Waals surface area contributed by atoms with Gasteiger partial charge in [0.2, 0.25) is 0 Å². The van der Waals surface area contributed by atoms with Crippen LogP contribution < -0.4 is 10.5 Å². The highest BCUT2D eigenvalue weighted by Gasteiger charge is 2.30. The van der Waals surface area contributed by atoms with E-state index in [9.17, 15) is 0 Å². The van der Waals surface area contributed by atoms with Crippen LogP contribution in [0.2, 0.25) is 0 Å². The first-order chi connectivity index (χ1) is 6.23. The van der Waals surface area contributed by atoms with Gasteiger partial charge in [-0.3, -0.25) is 0 Å². The summed E-state index contributed by atoms with van der Waals surface area (Å²) in [5.41, 5.74) is 6.37. The number of benzene rings is 1. The molecule has 0 aliphatic carbocycles. The van der Waals surface area contributed by atoms with Crippen molar-refractivity contribution in [2.24, 2.45) is 5.73 Å². The Labute approximate surface area is 89.3 Å². The van der Waals surface area contributed by atoms with Gasteiger partial charge >= 0.3 is 0 Å². The van der Waals surface area contributed by atoms with Crippen LogP contribution in [0.4, 0.5) is 0 Å². The van der Waals surface area contributed by atoms with Crippen molar-refractivity contribution in [2.45, 2.75) is 12.0 Å². The molecule has 0 bridgehead atoms. The molecule has 0 saturated carbocycles. The smallest absolute Gasteiger partial charge is 0.122 e. The van der Waals surface area contributed by atoms with Crippen LogP contribution in [0.15, 0.2) is 24.3 Å². The SMILES string of the molecule is Cl.NC1(CO)COc2ccccc2C1. The quantitative estimate of drug-likeness (QED) is 0.727. The summed E-state index contributed by atoms with van der Waals surface area (Å²) in [6, 6.07) is 7.78. The number of hydrogen-bond acceptors (Lipinski definition) is 3. The summed E-state index contributed by atoms with van der Waals surface area (Å²) in [4.78, 5) is 0. The molecule has 1 heterocycles. The zero-order valence-corrected chi connectivity index (χ0v) is 8.59. The molecule has 1 aromatic rings. The first-order valence-electron chi connectivity index (χ1n) is 4.34. The predicted octanol–water partition coefficient (Wildman–Crippen LogP) is 0.733. The van der Waals surface area contributed by atoms with Crippen molar-refractivity contribution in [1.29, 1.82) is 0 Å². The molecule has 1 aliphatic rings. The maximum absolute atomic E-state index is 9.07. The molecule has 1 unspecified atom stereocenters. The molecule has 14 heavy (non-hydrogen) atoms.